The van der Waals surface area contributed by atoms with Gasteiger partial charge in [0.2, 0.25) is 0 Å². The first-order chi connectivity index (χ1) is 18.6. The largest absolute Gasteiger partial charge is 0.466 e. The second-order valence-corrected chi connectivity index (χ2v) is 14.6. The van der Waals surface area contributed by atoms with Crippen LogP contribution in [0.25, 0.3) is 0 Å². The maximum atomic E-state index is 2.64. The third-order valence-corrected chi connectivity index (χ3v) is 12.3. The summed E-state index contributed by atoms with van der Waals surface area (Å²) in [7, 11) is 0. The van der Waals surface area contributed by atoms with E-state index in [-0.39, 0.29) is 0 Å². The van der Waals surface area contributed by atoms with Crippen molar-refractivity contribution in [3.05, 3.63) is 59.2 Å². The van der Waals surface area contributed by atoms with E-state index in [9.17, 15) is 0 Å². The molecule has 0 amide bonds. The monoisotopic (exact) mass is 578 g/mol. The van der Waals surface area contributed by atoms with E-state index in [1.54, 1.807) is 5.57 Å². The van der Waals surface area contributed by atoms with Gasteiger partial charge in [-0.05, 0) is 100.0 Å². The molecule has 2 saturated carbocycles. The molecule has 0 radical (unpaired) electrons. The summed E-state index contributed by atoms with van der Waals surface area (Å²) < 4.78 is 2.41. The van der Waals surface area contributed by atoms with Gasteiger partial charge in [-0.15, -0.1) is 28.1 Å². The number of allylic oxidation sites excluding steroid dienone is 2. The van der Waals surface area contributed by atoms with Gasteiger partial charge in [0.05, 0.1) is 16.8 Å². The highest BCUT2D eigenvalue weighted by atomic mass is 32.2. The number of benzene rings is 2. The lowest BCUT2D eigenvalue weighted by Gasteiger charge is -2.39. The molecule has 38 heavy (non-hydrogen) atoms. The Labute approximate surface area is 245 Å². The van der Waals surface area contributed by atoms with Gasteiger partial charge in [-0.1, -0.05) is 23.4 Å². The Morgan fingerprint density at radius 1 is 1.05 bits per heavy atom. The molecule has 0 N–H and O–H groups in total. The molecule has 2 heterocycles. The number of anilines is 1. The van der Waals surface area contributed by atoms with Crippen molar-refractivity contribution < 1.29 is 4.58 Å². The molecule has 6 rings (SSSR count). The Balaban J connectivity index is 1.17. The Hall–Kier alpha value is -1.47. The molecular formula is C32H38N2S4+2. The zero-order valence-electron chi connectivity index (χ0n) is 22.9. The number of fused-ring (bicyclic) bond motifs is 3. The van der Waals surface area contributed by atoms with E-state index in [1.807, 2.05) is 46.6 Å². The summed E-state index contributed by atoms with van der Waals surface area (Å²) in [5, 5.41) is 1.46. The molecule has 2 fully saturated rings. The minimum atomic E-state index is 0.699. The third-order valence-electron chi connectivity index (χ3n) is 8.64. The molecule has 0 saturated heterocycles. The van der Waals surface area contributed by atoms with Gasteiger partial charge in [-0.25, -0.2) is 0 Å². The van der Waals surface area contributed by atoms with Crippen LogP contribution in [0.1, 0.15) is 52.4 Å². The molecule has 0 aromatic heterocycles. The standard InChI is InChI=1S/C32H38N2S4/c1-5-33-27-19-25(35-3)11-13-29(27)37-31(33)17-21-7-9-23-10-8-22(16-24(23)15-21)18-32-34(6-2)28-20-26(36-4)12-14-30(28)38-32/h5,11-14,17-20,22-24H,6-10,15-16H2,1-4H3/q+2/b21-17+,32-18-,33-5?. The Morgan fingerprint density at radius 3 is 2.66 bits per heavy atom. The molecule has 3 unspecified atom stereocenters. The molecule has 2 aromatic rings. The van der Waals surface area contributed by atoms with Crippen molar-refractivity contribution >= 4 is 69.2 Å². The molecule has 4 aliphatic rings. The highest BCUT2D eigenvalue weighted by molar-refractivity contribution is 8.03. The van der Waals surface area contributed by atoms with Crippen molar-refractivity contribution in [1.29, 1.82) is 0 Å². The van der Waals surface area contributed by atoms with Crippen molar-refractivity contribution in [3.63, 3.8) is 0 Å². The molecule has 2 aliphatic heterocycles. The fourth-order valence-electron chi connectivity index (χ4n) is 6.66. The van der Waals surface area contributed by atoms with Crippen LogP contribution in [0.4, 0.5) is 11.4 Å². The van der Waals surface area contributed by atoms with E-state index < -0.39 is 0 Å². The lowest BCUT2D eigenvalue weighted by molar-refractivity contribution is -0.295. The van der Waals surface area contributed by atoms with Gasteiger partial charge in [-0.2, -0.15) is 0 Å². The zero-order valence-corrected chi connectivity index (χ0v) is 26.2. The number of nitrogens with zero attached hydrogens (tertiary/aromatic N) is 2. The number of thioether (sulfide) groups is 3. The Kier molecular flexibility index (Phi) is 8.14. The fraction of sp³-hybridized carbons (Fsp3) is 0.438. The first-order valence-corrected chi connectivity index (χ1v) is 18.0. The average Bonchev–Trinajstić information content (AvgIpc) is 3.47. The van der Waals surface area contributed by atoms with E-state index in [2.05, 4.69) is 90.6 Å². The Morgan fingerprint density at radius 2 is 1.87 bits per heavy atom. The summed E-state index contributed by atoms with van der Waals surface area (Å²) in [6, 6.07) is 13.9. The maximum absolute atomic E-state index is 2.64. The SMILES string of the molecule is CC=[N+]1C(/C=C2\CCC3CCC(/C=C4\Sc5ccc(SC)cc5N4CC)CC3C2)=[S+]c2ccc(SC)cc21. The van der Waals surface area contributed by atoms with Crippen LogP contribution < -0.4 is 4.90 Å². The molecule has 0 bridgehead atoms. The molecule has 2 nitrogen and oxygen atoms in total. The lowest BCUT2D eigenvalue weighted by Crippen LogP contribution is -2.29. The van der Waals surface area contributed by atoms with Crippen LogP contribution in [0.15, 0.2) is 78.7 Å². The van der Waals surface area contributed by atoms with Gasteiger partial charge in [0.15, 0.2) is 6.21 Å². The highest BCUT2D eigenvalue weighted by Gasteiger charge is 2.41. The van der Waals surface area contributed by atoms with Crippen LogP contribution >= 0.6 is 35.3 Å². The zero-order chi connectivity index (χ0) is 26.2. The highest BCUT2D eigenvalue weighted by Crippen LogP contribution is 2.50. The number of hydrogen-bond donors (Lipinski definition) is 0. The van der Waals surface area contributed by atoms with Crippen molar-refractivity contribution in [2.45, 2.75) is 72.0 Å². The minimum Gasteiger partial charge on any atom is -0.336 e. The van der Waals surface area contributed by atoms with Gasteiger partial charge in [-0.3, -0.25) is 0 Å². The average molecular weight is 579 g/mol. The summed E-state index contributed by atoms with van der Waals surface area (Å²) in [6.07, 6.45) is 19.8. The van der Waals surface area contributed by atoms with Crippen LogP contribution in [0.5, 0.6) is 0 Å². The minimum absolute atomic E-state index is 0.699. The van der Waals surface area contributed by atoms with E-state index in [4.69, 9.17) is 0 Å². The normalized spacial score (nSPS) is 27.6. The fourth-order valence-corrected chi connectivity index (χ4v) is 9.92. The van der Waals surface area contributed by atoms with Gasteiger partial charge in [0, 0.05) is 40.3 Å². The van der Waals surface area contributed by atoms with Crippen molar-refractivity contribution in [1.82, 2.24) is 0 Å². The summed E-state index contributed by atoms with van der Waals surface area (Å²) in [6.45, 7) is 5.49. The van der Waals surface area contributed by atoms with Crippen LogP contribution in [-0.2, 0) is 11.4 Å². The van der Waals surface area contributed by atoms with Crippen molar-refractivity contribution in [2.24, 2.45) is 17.8 Å². The smallest absolute Gasteiger partial charge is 0.336 e. The van der Waals surface area contributed by atoms with Gasteiger partial charge in [0.25, 0.3) is 5.69 Å². The van der Waals surface area contributed by atoms with Crippen LogP contribution in [0.3, 0.4) is 0 Å². The van der Waals surface area contributed by atoms with Crippen LogP contribution in [0.2, 0.25) is 0 Å². The molecule has 6 heteroatoms. The predicted molar refractivity (Wildman–Crippen MR) is 172 cm³/mol. The van der Waals surface area contributed by atoms with E-state index in [1.165, 1.54) is 79.5 Å². The molecule has 2 aromatic carbocycles. The maximum Gasteiger partial charge on any atom is 0.466 e. The van der Waals surface area contributed by atoms with Crippen molar-refractivity contribution in [2.75, 3.05) is 24.0 Å². The molecule has 198 valence electrons. The van der Waals surface area contributed by atoms with Crippen LogP contribution in [0, 0.1) is 17.8 Å². The van der Waals surface area contributed by atoms with Gasteiger partial charge in [0.1, 0.15) is 0 Å². The quantitative estimate of drug-likeness (QED) is 0.115. The van der Waals surface area contributed by atoms with Gasteiger partial charge >= 0.3 is 21.2 Å². The number of rotatable bonds is 5. The van der Waals surface area contributed by atoms with E-state index in [0.29, 0.717) is 5.92 Å². The van der Waals surface area contributed by atoms with E-state index >= 15 is 0 Å². The molecule has 2 aliphatic carbocycles. The van der Waals surface area contributed by atoms with Gasteiger partial charge < -0.3 is 4.90 Å². The van der Waals surface area contributed by atoms with Crippen LogP contribution in [-0.4, -0.2) is 34.8 Å². The van der Waals surface area contributed by atoms with E-state index in [0.717, 1.165) is 18.4 Å². The second kappa shape index (κ2) is 11.6. The second-order valence-electron chi connectivity index (χ2n) is 10.7. The molecule has 0 spiro atoms. The summed E-state index contributed by atoms with van der Waals surface area (Å²) in [5.41, 5.74) is 4.41. The first-order valence-electron chi connectivity index (χ1n) is 14.0. The van der Waals surface area contributed by atoms with Crippen molar-refractivity contribution in [3.8, 4) is 0 Å². The topological polar surface area (TPSA) is 6.25 Å². The summed E-state index contributed by atoms with van der Waals surface area (Å²) in [4.78, 5) is 9.42. The third kappa shape index (κ3) is 5.18. The first kappa shape index (κ1) is 26.7. The summed E-state index contributed by atoms with van der Waals surface area (Å²) >= 11 is 7.58. The predicted octanol–water partition coefficient (Wildman–Crippen LogP) is 9.07. The summed E-state index contributed by atoms with van der Waals surface area (Å²) in [5.74, 6) is 2.44. The molecule has 3 atom stereocenters. The number of hydrogen-bond acceptors (Lipinski definition) is 4. The molecular weight excluding hydrogens is 541 g/mol. The Bertz CT molecular complexity index is 1360. The lowest BCUT2D eigenvalue weighted by atomic mass is 9.66.